The fourth-order valence-electron chi connectivity index (χ4n) is 2.35. The maximum Gasteiger partial charge on any atom is 0.313 e. The first-order valence-electron chi connectivity index (χ1n) is 6.11. The van der Waals surface area contributed by atoms with Crippen LogP contribution in [0.5, 0.6) is 0 Å². The van der Waals surface area contributed by atoms with Crippen molar-refractivity contribution < 1.29 is 9.90 Å². The number of carbonyl (C=O) groups is 1. The third-order valence-corrected chi connectivity index (χ3v) is 4.10. The van der Waals surface area contributed by atoms with Crippen molar-refractivity contribution >= 4 is 17.7 Å². The Labute approximate surface area is 111 Å². The first-order chi connectivity index (χ1) is 8.54. The van der Waals surface area contributed by atoms with Gasteiger partial charge in [-0.25, -0.2) is 4.98 Å². The molecule has 18 heavy (non-hydrogen) atoms. The number of aryl methyl sites for hydroxylation is 1. The summed E-state index contributed by atoms with van der Waals surface area (Å²) in [5.41, 5.74) is 0.953. The van der Waals surface area contributed by atoms with E-state index in [1.807, 2.05) is 13.1 Å². The van der Waals surface area contributed by atoms with Crippen molar-refractivity contribution in [3.63, 3.8) is 0 Å². The van der Waals surface area contributed by atoms with E-state index in [0.29, 0.717) is 5.92 Å². The van der Waals surface area contributed by atoms with E-state index in [1.54, 1.807) is 0 Å². The molecule has 0 saturated carbocycles. The zero-order valence-corrected chi connectivity index (χ0v) is 11.6. The van der Waals surface area contributed by atoms with Gasteiger partial charge in [-0.05, 0) is 32.9 Å². The normalized spacial score (nSPS) is 20.4. The second-order valence-electron chi connectivity index (χ2n) is 4.92. The molecule has 0 aromatic carbocycles. The summed E-state index contributed by atoms with van der Waals surface area (Å²) in [5, 5.41) is 9.55. The fourth-order valence-corrected chi connectivity index (χ4v) is 3.10. The average molecular weight is 269 g/mol. The summed E-state index contributed by atoms with van der Waals surface area (Å²) >= 11 is 1.30. The number of carboxylic acids is 1. The number of rotatable bonds is 5. The number of hydrogen-bond donors (Lipinski definition) is 1. The number of aliphatic carboxylic acids is 1. The van der Waals surface area contributed by atoms with E-state index in [1.165, 1.54) is 18.2 Å². The lowest BCUT2D eigenvalue weighted by Crippen LogP contribution is -2.17. The van der Waals surface area contributed by atoms with Crippen LogP contribution in [0.3, 0.4) is 0 Å². The smallest absolute Gasteiger partial charge is 0.313 e. The van der Waals surface area contributed by atoms with Crippen molar-refractivity contribution in [3.8, 4) is 0 Å². The number of carboxylic acid groups (broad SMARTS) is 1. The molecule has 1 fully saturated rings. The molecule has 2 rings (SSSR count). The van der Waals surface area contributed by atoms with Gasteiger partial charge in [-0.3, -0.25) is 4.79 Å². The van der Waals surface area contributed by atoms with Gasteiger partial charge in [0.15, 0.2) is 5.16 Å². The van der Waals surface area contributed by atoms with Crippen molar-refractivity contribution in [2.75, 3.05) is 25.9 Å². The summed E-state index contributed by atoms with van der Waals surface area (Å²) in [6.07, 6.45) is 3.22. The molecule has 1 aliphatic heterocycles. The van der Waals surface area contributed by atoms with Gasteiger partial charge in [0.05, 0.1) is 11.4 Å². The largest absolute Gasteiger partial charge is 0.481 e. The van der Waals surface area contributed by atoms with Crippen LogP contribution >= 0.6 is 11.8 Å². The van der Waals surface area contributed by atoms with Crippen LogP contribution in [0.4, 0.5) is 0 Å². The molecule has 0 aliphatic carbocycles. The zero-order chi connectivity index (χ0) is 13.1. The first kappa shape index (κ1) is 13.4. The van der Waals surface area contributed by atoms with Gasteiger partial charge >= 0.3 is 5.97 Å². The number of likely N-dealkylation sites (tertiary alicyclic amines) is 1. The van der Waals surface area contributed by atoms with Gasteiger partial charge < -0.3 is 14.6 Å². The average Bonchev–Trinajstić information content (AvgIpc) is 2.83. The third kappa shape index (κ3) is 3.49. The first-order valence-corrected chi connectivity index (χ1v) is 7.10. The van der Waals surface area contributed by atoms with Gasteiger partial charge in [-0.1, -0.05) is 11.8 Å². The lowest BCUT2D eigenvalue weighted by atomic mass is 10.1. The molecular formula is C12H19N3O2S. The van der Waals surface area contributed by atoms with E-state index in [9.17, 15) is 4.79 Å². The Hall–Kier alpha value is -1.01. The van der Waals surface area contributed by atoms with Crippen molar-refractivity contribution in [1.82, 2.24) is 14.5 Å². The van der Waals surface area contributed by atoms with Crippen LogP contribution in [-0.2, 0) is 11.3 Å². The van der Waals surface area contributed by atoms with Crippen LogP contribution < -0.4 is 0 Å². The van der Waals surface area contributed by atoms with Crippen LogP contribution in [0.2, 0.25) is 0 Å². The maximum absolute atomic E-state index is 10.6. The fraction of sp³-hybridized carbons (Fsp3) is 0.667. The van der Waals surface area contributed by atoms with Crippen LogP contribution in [0, 0.1) is 12.8 Å². The van der Waals surface area contributed by atoms with E-state index in [4.69, 9.17) is 5.11 Å². The molecule has 1 atom stereocenters. The monoisotopic (exact) mass is 269 g/mol. The van der Waals surface area contributed by atoms with Gasteiger partial charge in [-0.15, -0.1) is 0 Å². The second kappa shape index (κ2) is 5.75. The minimum absolute atomic E-state index is 0.0705. The number of nitrogens with zero attached hydrogens (tertiary/aromatic N) is 3. The highest BCUT2D eigenvalue weighted by Gasteiger charge is 2.21. The summed E-state index contributed by atoms with van der Waals surface area (Å²) in [4.78, 5) is 17.3. The summed E-state index contributed by atoms with van der Waals surface area (Å²) in [6.45, 7) is 5.14. The highest BCUT2D eigenvalue weighted by Crippen LogP contribution is 2.22. The van der Waals surface area contributed by atoms with Crippen molar-refractivity contribution in [2.24, 2.45) is 5.92 Å². The van der Waals surface area contributed by atoms with E-state index in [-0.39, 0.29) is 5.75 Å². The molecule has 100 valence electrons. The molecule has 0 radical (unpaired) electrons. The van der Waals surface area contributed by atoms with Crippen LogP contribution in [0.1, 0.15) is 12.1 Å². The Kier molecular flexibility index (Phi) is 4.29. The summed E-state index contributed by atoms with van der Waals surface area (Å²) < 4.78 is 2.10. The Morgan fingerprint density at radius 1 is 1.67 bits per heavy atom. The van der Waals surface area contributed by atoms with E-state index in [0.717, 1.165) is 30.5 Å². The molecule has 1 aliphatic rings. The Bertz CT molecular complexity index is 433. The molecule has 0 amide bonds. The highest BCUT2D eigenvalue weighted by atomic mass is 32.2. The minimum atomic E-state index is -0.798. The molecule has 1 unspecified atom stereocenters. The molecule has 2 heterocycles. The molecule has 1 N–H and O–H groups in total. The summed E-state index contributed by atoms with van der Waals surface area (Å²) in [5.74, 6) is -0.0818. The zero-order valence-electron chi connectivity index (χ0n) is 10.8. The molecule has 1 aromatic rings. The van der Waals surface area contributed by atoms with Gasteiger partial charge in [0, 0.05) is 19.3 Å². The molecule has 5 nitrogen and oxygen atoms in total. The lowest BCUT2D eigenvalue weighted by molar-refractivity contribution is -0.133. The van der Waals surface area contributed by atoms with E-state index in [2.05, 4.69) is 21.5 Å². The second-order valence-corrected chi connectivity index (χ2v) is 5.86. The SMILES string of the molecule is Cc1cn(CC2CCN(C)C2)c(SCC(=O)O)n1. The van der Waals surface area contributed by atoms with Crippen LogP contribution in [-0.4, -0.2) is 51.4 Å². The summed E-state index contributed by atoms with van der Waals surface area (Å²) in [6, 6.07) is 0. The van der Waals surface area contributed by atoms with Gasteiger partial charge in [0.2, 0.25) is 0 Å². The number of aromatic nitrogens is 2. The summed E-state index contributed by atoms with van der Waals surface area (Å²) in [7, 11) is 2.14. The molecule has 0 spiro atoms. The van der Waals surface area contributed by atoms with Gasteiger partial charge in [0.25, 0.3) is 0 Å². The van der Waals surface area contributed by atoms with Gasteiger partial charge in [0.1, 0.15) is 0 Å². The Morgan fingerprint density at radius 3 is 3.06 bits per heavy atom. The third-order valence-electron chi connectivity index (χ3n) is 3.13. The Morgan fingerprint density at radius 2 is 2.44 bits per heavy atom. The predicted octanol–water partition coefficient (Wildman–Crippen LogP) is 1.32. The van der Waals surface area contributed by atoms with E-state index < -0.39 is 5.97 Å². The van der Waals surface area contributed by atoms with Gasteiger partial charge in [-0.2, -0.15) is 0 Å². The molecule has 0 bridgehead atoms. The standard InChI is InChI=1S/C12H19N3O2S/c1-9-5-15(7-10-3-4-14(2)6-10)12(13-9)18-8-11(16)17/h5,10H,3-4,6-8H2,1-2H3,(H,16,17). The van der Waals surface area contributed by atoms with E-state index >= 15 is 0 Å². The predicted molar refractivity (Wildman–Crippen MR) is 70.9 cm³/mol. The number of imidazole rings is 1. The molecular weight excluding hydrogens is 250 g/mol. The Balaban J connectivity index is 2.00. The highest BCUT2D eigenvalue weighted by molar-refractivity contribution is 7.99. The van der Waals surface area contributed by atoms with Crippen molar-refractivity contribution in [1.29, 1.82) is 0 Å². The van der Waals surface area contributed by atoms with Crippen molar-refractivity contribution in [3.05, 3.63) is 11.9 Å². The lowest BCUT2D eigenvalue weighted by Gasteiger charge is -2.12. The minimum Gasteiger partial charge on any atom is -0.481 e. The number of thioether (sulfide) groups is 1. The molecule has 1 saturated heterocycles. The van der Waals surface area contributed by atoms with Crippen LogP contribution in [0.25, 0.3) is 0 Å². The topological polar surface area (TPSA) is 58.4 Å². The quantitative estimate of drug-likeness (QED) is 0.817. The molecule has 1 aromatic heterocycles. The maximum atomic E-state index is 10.6. The molecule has 6 heteroatoms. The number of hydrogen-bond acceptors (Lipinski definition) is 4. The van der Waals surface area contributed by atoms with Crippen LogP contribution in [0.15, 0.2) is 11.4 Å². The van der Waals surface area contributed by atoms with Crippen molar-refractivity contribution in [2.45, 2.75) is 25.0 Å².